The number of methoxy groups -OCH3 is 1. The van der Waals surface area contributed by atoms with Crippen LogP contribution in [0.1, 0.15) is 43.4 Å². The predicted octanol–water partition coefficient (Wildman–Crippen LogP) is 3.04. The number of sulfonamides is 1. The number of rotatable bonds is 8. The van der Waals surface area contributed by atoms with Gasteiger partial charge in [-0.15, -0.1) is 0 Å². The molecule has 1 aliphatic rings. The molecule has 3 rings (SSSR count). The van der Waals surface area contributed by atoms with Crippen LogP contribution in [-0.4, -0.2) is 42.0 Å². The van der Waals surface area contributed by atoms with Crippen molar-refractivity contribution in [3.05, 3.63) is 53.9 Å². The average molecular weight is 448 g/mol. The van der Waals surface area contributed by atoms with Crippen LogP contribution in [0.2, 0.25) is 0 Å². The Kier molecular flexibility index (Phi) is 7.64. The molecule has 2 N–H and O–H groups in total. The maximum atomic E-state index is 13.7. The van der Waals surface area contributed by atoms with Gasteiger partial charge in [0.05, 0.1) is 12.0 Å². The molecule has 0 radical (unpaired) electrons. The van der Waals surface area contributed by atoms with E-state index in [2.05, 4.69) is 4.98 Å². The third-order valence-corrected chi connectivity index (χ3v) is 7.60. The van der Waals surface area contributed by atoms with E-state index in [1.54, 1.807) is 35.9 Å². The van der Waals surface area contributed by atoms with Crippen molar-refractivity contribution in [3.63, 3.8) is 0 Å². The maximum absolute atomic E-state index is 13.7. The molecule has 1 amide bonds. The maximum Gasteiger partial charge on any atom is 0.262 e. The van der Waals surface area contributed by atoms with Gasteiger partial charge in [0, 0.05) is 18.4 Å². The molecule has 8 nitrogen and oxygen atoms in total. The zero-order valence-electron chi connectivity index (χ0n) is 17.8. The molecule has 2 aromatic rings. The number of nitrogens with one attached hydrogen (secondary N) is 1. The van der Waals surface area contributed by atoms with Gasteiger partial charge in [-0.05, 0) is 61.6 Å². The number of benzene rings is 1. The normalized spacial score (nSPS) is 16.1. The standard InChI is InChI=1S/C22H29N3O5S/c1-16-8-9-17(14-23-16)15-25(21(22(26)24-27)18-6-4-3-5-7-18)31(28,29)20-12-10-19(30-2)11-13-20/h8-14,18,21,27H,3-7,15H2,1-2H3,(H,24,26)/t21-/m1/s1. The summed E-state index contributed by atoms with van der Waals surface area (Å²) in [5.74, 6) is -0.374. The van der Waals surface area contributed by atoms with Crippen molar-refractivity contribution in [1.82, 2.24) is 14.8 Å². The first-order chi connectivity index (χ1) is 14.9. The Balaban J connectivity index is 2.06. The molecular weight excluding hydrogens is 418 g/mol. The van der Waals surface area contributed by atoms with E-state index in [-0.39, 0.29) is 17.4 Å². The van der Waals surface area contributed by atoms with Crippen molar-refractivity contribution in [2.75, 3.05) is 7.11 Å². The first-order valence-electron chi connectivity index (χ1n) is 10.4. The van der Waals surface area contributed by atoms with E-state index in [1.807, 2.05) is 6.92 Å². The Morgan fingerprint density at radius 1 is 1.19 bits per heavy atom. The number of hydrogen-bond donors (Lipinski definition) is 2. The third kappa shape index (κ3) is 5.41. The molecule has 1 atom stereocenters. The smallest absolute Gasteiger partial charge is 0.262 e. The van der Waals surface area contributed by atoms with Gasteiger partial charge in [-0.3, -0.25) is 15.0 Å². The van der Waals surface area contributed by atoms with Crippen molar-refractivity contribution in [3.8, 4) is 5.75 Å². The van der Waals surface area contributed by atoms with Gasteiger partial charge in [0.15, 0.2) is 0 Å². The molecular formula is C22H29N3O5S. The number of ether oxygens (including phenoxy) is 1. The van der Waals surface area contributed by atoms with Crippen LogP contribution >= 0.6 is 0 Å². The summed E-state index contributed by atoms with van der Waals surface area (Å²) < 4.78 is 33.8. The van der Waals surface area contributed by atoms with Crippen molar-refractivity contribution in [1.29, 1.82) is 0 Å². The largest absolute Gasteiger partial charge is 0.497 e. The minimum Gasteiger partial charge on any atom is -0.497 e. The molecule has 0 bridgehead atoms. The minimum absolute atomic E-state index is 0.0315. The molecule has 0 unspecified atom stereocenters. The fourth-order valence-corrected chi connectivity index (χ4v) is 5.72. The summed E-state index contributed by atoms with van der Waals surface area (Å²) >= 11 is 0. The zero-order valence-corrected chi connectivity index (χ0v) is 18.6. The zero-order chi connectivity index (χ0) is 22.4. The number of aromatic nitrogens is 1. The molecule has 168 valence electrons. The van der Waals surface area contributed by atoms with Crippen molar-refractivity contribution < 1.29 is 23.2 Å². The fraction of sp³-hybridized carbons (Fsp3) is 0.455. The number of pyridine rings is 1. The molecule has 0 saturated heterocycles. The molecule has 0 spiro atoms. The van der Waals surface area contributed by atoms with Gasteiger partial charge in [0.1, 0.15) is 11.8 Å². The van der Waals surface area contributed by atoms with Gasteiger partial charge < -0.3 is 4.74 Å². The first kappa shape index (κ1) is 23.2. The summed E-state index contributed by atoms with van der Waals surface area (Å²) in [6, 6.07) is 8.63. The topological polar surface area (TPSA) is 109 Å². The molecule has 1 heterocycles. The lowest BCUT2D eigenvalue weighted by molar-refractivity contribution is -0.135. The second kappa shape index (κ2) is 10.2. The second-order valence-corrected chi connectivity index (χ2v) is 9.74. The Morgan fingerprint density at radius 3 is 2.42 bits per heavy atom. The number of hydrogen-bond acceptors (Lipinski definition) is 6. The summed E-state index contributed by atoms with van der Waals surface area (Å²) in [5, 5.41) is 9.44. The highest BCUT2D eigenvalue weighted by molar-refractivity contribution is 7.89. The predicted molar refractivity (Wildman–Crippen MR) is 115 cm³/mol. The third-order valence-electron chi connectivity index (χ3n) is 5.76. The van der Waals surface area contributed by atoms with E-state index >= 15 is 0 Å². The molecule has 1 aliphatic carbocycles. The highest BCUT2D eigenvalue weighted by Gasteiger charge is 2.41. The van der Waals surface area contributed by atoms with E-state index in [1.165, 1.54) is 23.5 Å². The van der Waals surface area contributed by atoms with Crippen LogP contribution in [0.3, 0.4) is 0 Å². The van der Waals surface area contributed by atoms with E-state index in [4.69, 9.17) is 4.74 Å². The lowest BCUT2D eigenvalue weighted by atomic mass is 9.83. The van der Waals surface area contributed by atoms with Gasteiger partial charge in [0.25, 0.3) is 5.91 Å². The Bertz CT molecular complexity index is 971. The molecule has 0 aliphatic heterocycles. The van der Waals surface area contributed by atoms with Gasteiger partial charge >= 0.3 is 0 Å². The summed E-state index contributed by atoms with van der Waals surface area (Å²) in [6.45, 7) is 1.82. The Hall–Kier alpha value is -2.49. The summed E-state index contributed by atoms with van der Waals surface area (Å²) in [7, 11) is -2.56. The summed E-state index contributed by atoms with van der Waals surface area (Å²) in [5.41, 5.74) is 3.17. The fourth-order valence-electron chi connectivity index (χ4n) is 4.08. The summed E-state index contributed by atoms with van der Waals surface area (Å²) in [4.78, 5) is 17.1. The number of aryl methyl sites for hydroxylation is 1. The van der Waals surface area contributed by atoms with Crippen LogP contribution in [-0.2, 0) is 21.4 Å². The van der Waals surface area contributed by atoms with Crippen LogP contribution in [0.5, 0.6) is 5.75 Å². The highest BCUT2D eigenvalue weighted by atomic mass is 32.2. The first-order valence-corrected chi connectivity index (χ1v) is 11.8. The number of nitrogens with zero attached hydrogens (tertiary/aromatic N) is 2. The van der Waals surface area contributed by atoms with Crippen LogP contribution in [0, 0.1) is 12.8 Å². The quantitative estimate of drug-likeness (QED) is 0.476. The van der Waals surface area contributed by atoms with Gasteiger partial charge in [0.2, 0.25) is 10.0 Å². The Morgan fingerprint density at radius 2 is 1.87 bits per heavy atom. The van der Waals surface area contributed by atoms with Crippen molar-refractivity contribution in [2.45, 2.75) is 56.5 Å². The SMILES string of the molecule is COc1ccc(S(=O)(=O)N(Cc2ccc(C)nc2)[C@@H](C(=O)NO)C2CCCCC2)cc1. The van der Waals surface area contributed by atoms with Gasteiger partial charge in [-0.1, -0.05) is 25.3 Å². The highest BCUT2D eigenvalue weighted by Crippen LogP contribution is 2.33. The number of carbonyl (C=O) groups is 1. The minimum atomic E-state index is -4.06. The van der Waals surface area contributed by atoms with Gasteiger partial charge in [-0.25, -0.2) is 13.9 Å². The molecule has 1 aromatic carbocycles. The van der Waals surface area contributed by atoms with Crippen LogP contribution < -0.4 is 10.2 Å². The van der Waals surface area contributed by atoms with E-state index in [0.29, 0.717) is 11.3 Å². The number of carbonyl (C=O) groups excluding carboxylic acids is 1. The monoisotopic (exact) mass is 447 g/mol. The molecule has 1 fully saturated rings. The van der Waals surface area contributed by atoms with Gasteiger partial charge in [-0.2, -0.15) is 4.31 Å². The molecule has 1 aromatic heterocycles. The average Bonchev–Trinajstić information content (AvgIpc) is 2.80. The van der Waals surface area contributed by atoms with Crippen molar-refractivity contribution in [2.24, 2.45) is 5.92 Å². The summed E-state index contributed by atoms with van der Waals surface area (Å²) in [6.07, 6.45) is 5.94. The molecule has 9 heteroatoms. The van der Waals surface area contributed by atoms with E-state index < -0.39 is 22.0 Å². The Labute approximate surface area is 183 Å². The number of amides is 1. The van der Waals surface area contributed by atoms with Crippen LogP contribution in [0.25, 0.3) is 0 Å². The van der Waals surface area contributed by atoms with Crippen LogP contribution in [0.4, 0.5) is 0 Å². The number of hydroxylamine groups is 1. The second-order valence-electron chi connectivity index (χ2n) is 7.85. The lowest BCUT2D eigenvalue weighted by Crippen LogP contribution is -2.52. The lowest BCUT2D eigenvalue weighted by Gasteiger charge is -2.36. The van der Waals surface area contributed by atoms with Crippen LogP contribution in [0.15, 0.2) is 47.5 Å². The molecule has 31 heavy (non-hydrogen) atoms. The van der Waals surface area contributed by atoms with E-state index in [9.17, 15) is 18.4 Å². The molecule has 1 saturated carbocycles. The van der Waals surface area contributed by atoms with E-state index in [0.717, 1.165) is 37.8 Å². The van der Waals surface area contributed by atoms with Crippen molar-refractivity contribution >= 4 is 15.9 Å².